The second kappa shape index (κ2) is 9.26. The van der Waals surface area contributed by atoms with E-state index in [0.717, 1.165) is 18.4 Å². The minimum atomic E-state index is -0.590. The Bertz CT molecular complexity index is 660. The van der Waals surface area contributed by atoms with Gasteiger partial charge >= 0.3 is 6.16 Å². The van der Waals surface area contributed by atoms with Crippen LogP contribution in [-0.2, 0) is 22.5 Å². The minimum Gasteiger partial charge on any atom is -0.434 e. The van der Waals surface area contributed by atoms with E-state index in [1.54, 1.807) is 0 Å². The number of carbonyl (C=O) groups excluding carboxylic acids is 1. The molecule has 0 heterocycles. The van der Waals surface area contributed by atoms with E-state index in [9.17, 15) is 4.79 Å². The number of hydrogen-bond donors (Lipinski definition) is 0. The largest absolute Gasteiger partial charge is 0.508 e. The van der Waals surface area contributed by atoms with Crippen LogP contribution >= 0.6 is 0 Å². The molecule has 132 valence electrons. The molecule has 1 aliphatic rings. The predicted molar refractivity (Wildman–Crippen MR) is 98.6 cm³/mol. The van der Waals surface area contributed by atoms with Crippen molar-refractivity contribution in [2.24, 2.45) is 0 Å². The molecule has 25 heavy (non-hydrogen) atoms. The molecular formula is C22H26O3. The van der Waals surface area contributed by atoms with Crippen LogP contribution in [0.15, 0.2) is 54.6 Å². The molecule has 0 unspecified atom stereocenters. The van der Waals surface area contributed by atoms with Gasteiger partial charge in [0, 0.05) is 0 Å². The van der Waals surface area contributed by atoms with Gasteiger partial charge in [0.2, 0.25) is 0 Å². The molecule has 0 aliphatic heterocycles. The van der Waals surface area contributed by atoms with E-state index in [-0.39, 0.29) is 6.61 Å². The van der Waals surface area contributed by atoms with Crippen molar-refractivity contribution in [3.8, 4) is 0 Å². The van der Waals surface area contributed by atoms with Gasteiger partial charge in [-0.3, -0.25) is 0 Å². The highest BCUT2D eigenvalue weighted by atomic mass is 16.7. The minimum absolute atomic E-state index is 0.254. The van der Waals surface area contributed by atoms with Crippen molar-refractivity contribution in [2.45, 2.75) is 51.0 Å². The van der Waals surface area contributed by atoms with E-state index in [1.165, 1.54) is 36.8 Å². The van der Waals surface area contributed by atoms with Crippen LogP contribution in [0.25, 0.3) is 0 Å². The molecule has 0 saturated heterocycles. The van der Waals surface area contributed by atoms with Crippen LogP contribution in [0, 0.1) is 0 Å². The second-order valence-electron chi connectivity index (χ2n) is 6.66. The Hall–Kier alpha value is -2.29. The van der Waals surface area contributed by atoms with E-state index >= 15 is 0 Å². The lowest BCUT2D eigenvalue weighted by Gasteiger charge is -2.15. The molecule has 3 rings (SSSR count). The Kier molecular flexibility index (Phi) is 6.49. The first kappa shape index (κ1) is 17.5. The molecule has 0 aromatic heterocycles. The van der Waals surface area contributed by atoms with E-state index in [2.05, 4.69) is 24.3 Å². The third-order valence-electron chi connectivity index (χ3n) is 4.86. The van der Waals surface area contributed by atoms with Crippen molar-refractivity contribution in [3.05, 3.63) is 71.3 Å². The van der Waals surface area contributed by atoms with E-state index in [0.29, 0.717) is 12.5 Å². The van der Waals surface area contributed by atoms with Gasteiger partial charge in [-0.2, -0.15) is 0 Å². The lowest BCUT2D eigenvalue weighted by atomic mass is 9.91. The average Bonchev–Trinajstić information content (AvgIpc) is 3.19. The monoisotopic (exact) mass is 338 g/mol. The molecule has 0 amide bonds. The Morgan fingerprint density at radius 1 is 0.920 bits per heavy atom. The molecule has 2 aromatic rings. The molecule has 1 fully saturated rings. The number of aryl methyl sites for hydroxylation is 1. The molecule has 2 aromatic carbocycles. The molecule has 3 nitrogen and oxygen atoms in total. The Morgan fingerprint density at radius 2 is 1.64 bits per heavy atom. The summed E-state index contributed by atoms with van der Waals surface area (Å²) in [6.45, 7) is 0.650. The van der Waals surface area contributed by atoms with E-state index in [1.807, 2.05) is 30.3 Å². The number of hydrogen-bond acceptors (Lipinski definition) is 3. The maximum absolute atomic E-state index is 11.7. The summed E-state index contributed by atoms with van der Waals surface area (Å²) < 4.78 is 10.3. The molecular weight excluding hydrogens is 312 g/mol. The molecule has 3 heteroatoms. The van der Waals surface area contributed by atoms with Gasteiger partial charge in [-0.15, -0.1) is 0 Å². The van der Waals surface area contributed by atoms with Crippen molar-refractivity contribution in [2.75, 3.05) is 6.61 Å². The van der Waals surface area contributed by atoms with Crippen LogP contribution in [0.2, 0.25) is 0 Å². The number of benzene rings is 2. The Labute approximate surface area is 150 Å². The quantitative estimate of drug-likeness (QED) is 0.485. The van der Waals surface area contributed by atoms with Crippen LogP contribution < -0.4 is 0 Å². The molecule has 0 spiro atoms. The molecule has 0 bridgehead atoms. The van der Waals surface area contributed by atoms with Crippen molar-refractivity contribution in [1.82, 2.24) is 0 Å². The summed E-state index contributed by atoms with van der Waals surface area (Å²) in [6.07, 6.45) is 6.47. The highest BCUT2D eigenvalue weighted by molar-refractivity contribution is 5.59. The maximum atomic E-state index is 11.7. The van der Waals surface area contributed by atoms with Crippen LogP contribution in [-0.4, -0.2) is 12.8 Å². The standard InChI is InChI=1S/C22H26O3/c23-22(25-17-18-9-2-1-3-10-18)24-16-8-14-20-13-6-7-15-21(20)19-11-4-5-12-19/h1-3,6-7,9-10,13,15,19H,4-5,8,11-12,14,16-17H2. The molecule has 0 N–H and O–H groups in total. The summed E-state index contributed by atoms with van der Waals surface area (Å²) in [6, 6.07) is 18.3. The van der Waals surface area contributed by atoms with Crippen LogP contribution in [0.5, 0.6) is 0 Å². The zero-order valence-corrected chi connectivity index (χ0v) is 14.7. The fourth-order valence-electron chi connectivity index (χ4n) is 3.57. The lowest BCUT2D eigenvalue weighted by molar-refractivity contribution is 0.0492. The van der Waals surface area contributed by atoms with Crippen LogP contribution in [0.4, 0.5) is 4.79 Å². The Morgan fingerprint density at radius 3 is 2.44 bits per heavy atom. The van der Waals surface area contributed by atoms with Crippen LogP contribution in [0.3, 0.4) is 0 Å². The zero-order valence-electron chi connectivity index (χ0n) is 14.7. The summed E-state index contributed by atoms with van der Waals surface area (Å²) in [4.78, 5) is 11.7. The van der Waals surface area contributed by atoms with Gasteiger partial charge < -0.3 is 9.47 Å². The van der Waals surface area contributed by atoms with Crippen molar-refractivity contribution in [1.29, 1.82) is 0 Å². The molecule has 1 aliphatic carbocycles. The van der Waals surface area contributed by atoms with Crippen molar-refractivity contribution in [3.63, 3.8) is 0 Å². The molecule has 1 saturated carbocycles. The van der Waals surface area contributed by atoms with Gasteiger partial charge in [0.15, 0.2) is 0 Å². The topological polar surface area (TPSA) is 35.5 Å². The summed E-state index contributed by atoms with van der Waals surface area (Å²) in [5, 5.41) is 0. The van der Waals surface area contributed by atoms with Gasteiger partial charge in [0.25, 0.3) is 0 Å². The van der Waals surface area contributed by atoms with Gasteiger partial charge in [-0.1, -0.05) is 67.4 Å². The zero-order chi connectivity index (χ0) is 17.3. The highest BCUT2D eigenvalue weighted by Crippen LogP contribution is 2.36. The predicted octanol–water partition coefficient (Wildman–Crippen LogP) is 5.63. The SMILES string of the molecule is O=C(OCCCc1ccccc1C1CCCC1)OCc1ccccc1. The summed E-state index contributed by atoms with van der Waals surface area (Å²) in [5.41, 5.74) is 3.85. The first-order valence-corrected chi connectivity index (χ1v) is 9.24. The van der Waals surface area contributed by atoms with Gasteiger partial charge in [-0.25, -0.2) is 4.79 Å². The average molecular weight is 338 g/mol. The number of carbonyl (C=O) groups is 1. The normalized spacial score (nSPS) is 14.4. The maximum Gasteiger partial charge on any atom is 0.508 e. The third kappa shape index (κ3) is 5.35. The third-order valence-corrected chi connectivity index (χ3v) is 4.86. The number of ether oxygens (including phenoxy) is 2. The highest BCUT2D eigenvalue weighted by Gasteiger charge is 2.19. The smallest absolute Gasteiger partial charge is 0.434 e. The lowest BCUT2D eigenvalue weighted by Crippen LogP contribution is -2.09. The summed E-state index contributed by atoms with van der Waals surface area (Å²) in [7, 11) is 0. The molecule has 0 radical (unpaired) electrons. The van der Waals surface area contributed by atoms with Crippen LogP contribution in [0.1, 0.15) is 54.7 Å². The van der Waals surface area contributed by atoms with Gasteiger partial charge in [-0.05, 0) is 48.3 Å². The Balaban J connectivity index is 1.39. The fourth-order valence-corrected chi connectivity index (χ4v) is 3.57. The van der Waals surface area contributed by atoms with Gasteiger partial charge in [0.05, 0.1) is 6.61 Å². The van der Waals surface area contributed by atoms with Crippen molar-refractivity contribution < 1.29 is 14.3 Å². The first-order chi connectivity index (χ1) is 12.3. The summed E-state index contributed by atoms with van der Waals surface area (Å²) >= 11 is 0. The fraction of sp³-hybridized carbons (Fsp3) is 0.409. The van der Waals surface area contributed by atoms with E-state index < -0.39 is 6.16 Å². The van der Waals surface area contributed by atoms with Gasteiger partial charge in [0.1, 0.15) is 6.61 Å². The van der Waals surface area contributed by atoms with E-state index in [4.69, 9.17) is 9.47 Å². The summed E-state index contributed by atoms with van der Waals surface area (Å²) in [5.74, 6) is 0.716. The number of rotatable bonds is 7. The van der Waals surface area contributed by atoms with Crippen molar-refractivity contribution >= 4 is 6.16 Å². The first-order valence-electron chi connectivity index (χ1n) is 9.24. The molecule has 0 atom stereocenters. The second-order valence-corrected chi connectivity index (χ2v) is 6.66.